The SMILES string of the molecule is Clc1ccc([C@@H](c2nnnn2C2CCCCC2)N(Cc2ccccc2)Cc2cccnc2)cc1. The lowest BCUT2D eigenvalue weighted by molar-refractivity contribution is 0.187. The highest BCUT2D eigenvalue weighted by atomic mass is 35.5. The van der Waals surface area contributed by atoms with E-state index in [9.17, 15) is 0 Å². The fourth-order valence-electron chi connectivity index (χ4n) is 4.92. The topological polar surface area (TPSA) is 59.7 Å². The van der Waals surface area contributed by atoms with Gasteiger partial charge in [-0.05, 0) is 58.2 Å². The third-order valence-electron chi connectivity index (χ3n) is 6.57. The minimum absolute atomic E-state index is 0.130. The van der Waals surface area contributed by atoms with Gasteiger partial charge in [0.15, 0.2) is 5.82 Å². The monoisotopic (exact) mass is 472 g/mol. The lowest BCUT2D eigenvalue weighted by Gasteiger charge is -2.33. The fraction of sp³-hybridized carbons (Fsp3) is 0.333. The molecule has 2 aromatic heterocycles. The highest BCUT2D eigenvalue weighted by Gasteiger charge is 2.31. The summed E-state index contributed by atoms with van der Waals surface area (Å²) in [4.78, 5) is 6.78. The second-order valence-corrected chi connectivity index (χ2v) is 9.42. The Hall–Kier alpha value is -3.09. The summed E-state index contributed by atoms with van der Waals surface area (Å²) in [5, 5.41) is 14.0. The van der Waals surface area contributed by atoms with Crippen LogP contribution >= 0.6 is 11.6 Å². The summed E-state index contributed by atoms with van der Waals surface area (Å²) >= 11 is 6.27. The number of hydrogen-bond acceptors (Lipinski definition) is 5. The molecule has 0 amide bonds. The Balaban J connectivity index is 1.59. The van der Waals surface area contributed by atoms with Gasteiger partial charge in [0, 0.05) is 30.5 Å². The third kappa shape index (κ3) is 5.34. The maximum atomic E-state index is 6.27. The summed E-state index contributed by atoms with van der Waals surface area (Å²) in [6, 6.07) is 22.9. The fourth-order valence-corrected chi connectivity index (χ4v) is 5.04. The third-order valence-corrected chi connectivity index (χ3v) is 6.82. The van der Waals surface area contributed by atoms with Gasteiger partial charge in [-0.1, -0.05) is 79.4 Å². The number of halogens is 1. The van der Waals surface area contributed by atoms with Crippen LogP contribution in [0, 0.1) is 0 Å². The minimum atomic E-state index is -0.130. The average Bonchev–Trinajstić information content (AvgIpc) is 3.36. The van der Waals surface area contributed by atoms with Crippen molar-refractivity contribution in [2.24, 2.45) is 0 Å². The highest BCUT2D eigenvalue weighted by Crippen LogP contribution is 2.35. The maximum absolute atomic E-state index is 6.27. The second-order valence-electron chi connectivity index (χ2n) is 8.98. The molecule has 1 saturated carbocycles. The van der Waals surface area contributed by atoms with Crippen LogP contribution in [0.2, 0.25) is 5.02 Å². The molecule has 5 rings (SSSR count). The zero-order valence-electron chi connectivity index (χ0n) is 19.2. The molecule has 0 aliphatic heterocycles. The van der Waals surface area contributed by atoms with Crippen LogP contribution in [0.5, 0.6) is 0 Å². The van der Waals surface area contributed by atoms with Crippen molar-refractivity contribution in [2.45, 2.75) is 57.3 Å². The molecule has 6 nitrogen and oxygen atoms in total. The second kappa shape index (κ2) is 10.9. The molecule has 1 fully saturated rings. The van der Waals surface area contributed by atoms with E-state index in [1.165, 1.54) is 24.8 Å². The van der Waals surface area contributed by atoms with Crippen LogP contribution in [-0.2, 0) is 13.1 Å². The van der Waals surface area contributed by atoms with Crippen LogP contribution in [0.15, 0.2) is 79.1 Å². The van der Waals surface area contributed by atoms with Crippen molar-refractivity contribution in [1.29, 1.82) is 0 Å². The first-order chi connectivity index (χ1) is 16.8. The van der Waals surface area contributed by atoms with E-state index in [0.717, 1.165) is 41.4 Å². The molecule has 0 radical (unpaired) electrons. The van der Waals surface area contributed by atoms with Crippen molar-refractivity contribution in [3.05, 3.63) is 107 Å². The Morgan fingerprint density at radius 2 is 1.62 bits per heavy atom. The quantitative estimate of drug-likeness (QED) is 0.314. The minimum Gasteiger partial charge on any atom is -0.281 e. The van der Waals surface area contributed by atoms with Gasteiger partial charge in [-0.3, -0.25) is 9.88 Å². The average molecular weight is 473 g/mol. The largest absolute Gasteiger partial charge is 0.281 e. The summed E-state index contributed by atoms with van der Waals surface area (Å²) in [5.41, 5.74) is 3.51. The predicted octanol–water partition coefficient (Wildman–Crippen LogP) is 6.02. The molecule has 0 N–H and O–H groups in total. The van der Waals surface area contributed by atoms with E-state index in [4.69, 9.17) is 11.6 Å². The van der Waals surface area contributed by atoms with Gasteiger partial charge >= 0.3 is 0 Å². The molecular formula is C27H29ClN6. The molecule has 7 heteroatoms. The van der Waals surface area contributed by atoms with E-state index in [-0.39, 0.29) is 6.04 Å². The number of nitrogens with zero attached hydrogens (tertiary/aromatic N) is 6. The Morgan fingerprint density at radius 1 is 0.882 bits per heavy atom. The standard InChI is InChI=1S/C27H29ClN6/c28-24-15-13-23(14-16-24)26(27-30-31-32-34(27)25-11-5-2-6-12-25)33(19-21-8-3-1-4-9-21)20-22-10-7-17-29-18-22/h1,3-4,7-10,13-18,25-26H,2,5-6,11-12,19-20H2/t26-/m0/s1. The van der Waals surface area contributed by atoms with Crippen molar-refractivity contribution in [1.82, 2.24) is 30.1 Å². The van der Waals surface area contributed by atoms with Crippen molar-refractivity contribution >= 4 is 11.6 Å². The molecule has 0 saturated heterocycles. The van der Waals surface area contributed by atoms with Gasteiger partial charge in [0.25, 0.3) is 0 Å². The molecular weight excluding hydrogens is 444 g/mol. The van der Waals surface area contributed by atoms with E-state index in [2.05, 4.69) is 78.6 Å². The normalized spacial score (nSPS) is 15.5. The van der Waals surface area contributed by atoms with Gasteiger partial charge in [-0.15, -0.1) is 5.10 Å². The summed E-state index contributed by atoms with van der Waals surface area (Å²) in [5.74, 6) is 0.883. The molecule has 0 spiro atoms. The number of hydrogen-bond donors (Lipinski definition) is 0. The zero-order chi connectivity index (χ0) is 23.2. The molecule has 1 aliphatic carbocycles. The Labute approximate surface area is 205 Å². The number of rotatable bonds is 8. The lowest BCUT2D eigenvalue weighted by Crippen LogP contribution is -2.32. The van der Waals surface area contributed by atoms with Crippen LogP contribution in [0.4, 0.5) is 0 Å². The highest BCUT2D eigenvalue weighted by molar-refractivity contribution is 6.30. The van der Waals surface area contributed by atoms with E-state index in [1.807, 2.05) is 30.6 Å². The predicted molar refractivity (Wildman–Crippen MR) is 133 cm³/mol. The zero-order valence-corrected chi connectivity index (χ0v) is 19.9. The Kier molecular flexibility index (Phi) is 7.27. The van der Waals surface area contributed by atoms with Crippen LogP contribution in [0.25, 0.3) is 0 Å². The van der Waals surface area contributed by atoms with Gasteiger partial charge < -0.3 is 0 Å². The maximum Gasteiger partial charge on any atom is 0.173 e. The molecule has 0 bridgehead atoms. The molecule has 2 heterocycles. The van der Waals surface area contributed by atoms with Crippen LogP contribution in [0.3, 0.4) is 0 Å². The van der Waals surface area contributed by atoms with Gasteiger partial charge in [-0.2, -0.15) is 0 Å². The summed E-state index contributed by atoms with van der Waals surface area (Å²) in [7, 11) is 0. The van der Waals surface area contributed by atoms with Gasteiger partial charge in [0.05, 0.1) is 12.1 Å². The van der Waals surface area contributed by atoms with Crippen LogP contribution in [-0.4, -0.2) is 30.1 Å². The Bertz CT molecular complexity index is 1120. The van der Waals surface area contributed by atoms with E-state index >= 15 is 0 Å². The summed E-state index contributed by atoms with van der Waals surface area (Å²) < 4.78 is 2.08. The first kappa shape index (κ1) is 22.7. The van der Waals surface area contributed by atoms with E-state index in [1.54, 1.807) is 0 Å². The molecule has 2 aromatic carbocycles. The molecule has 0 unspecified atom stereocenters. The smallest absolute Gasteiger partial charge is 0.173 e. The molecule has 174 valence electrons. The van der Waals surface area contributed by atoms with Gasteiger partial charge in [-0.25, -0.2) is 4.68 Å². The molecule has 1 atom stereocenters. The van der Waals surface area contributed by atoms with Crippen molar-refractivity contribution in [3.63, 3.8) is 0 Å². The lowest BCUT2D eigenvalue weighted by atomic mass is 9.95. The van der Waals surface area contributed by atoms with E-state index < -0.39 is 0 Å². The summed E-state index contributed by atoms with van der Waals surface area (Å²) in [6.45, 7) is 1.47. The van der Waals surface area contributed by atoms with Crippen molar-refractivity contribution in [3.8, 4) is 0 Å². The van der Waals surface area contributed by atoms with Gasteiger partial charge in [0.2, 0.25) is 0 Å². The number of aromatic nitrogens is 5. The van der Waals surface area contributed by atoms with Gasteiger partial charge in [0.1, 0.15) is 0 Å². The van der Waals surface area contributed by atoms with Crippen molar-refractivity contribution < 1.29 is 0 Å². The van der Waals surface area contributed by atoms with E-state index in [0.29, 0.717) is 12.6 Å². The molecule has 4 aromatic rings. The first-order valence-corrected chi connectivity index (χ1v) is 12.4. The number of benzene rings is 2. The molecule has 34 heavy (non-hydrogen) atoms. The van der Waals surface area contributed by atoms with Crippen LogP contribution in [0.1, 0.15) is 66.7 Å². The number of tetrazole rings is 1. The first-order valence-electron chi connectivity index (χ1n) is 12.0. The summed E-state index contributed by atoms with van der Waals surface area (Å²) in [6.07, 6.45) is 9.71. The number of pyridine rings is 1. The van der Waals surface area contributed by atoms with Crippen molar-refractivity contribution in [2.75, 3.05) is 0 Å². The molecule has 1 aliphatic rings. The van der Waals surface area contributed by atoms with Crippen LogP contribution < -0.4 is 0 Å². The Morgan fingerprint density at radius 3 is 2.35 bits per heavy atom.